The van der Waals surface area contributed by atoms with Gasteiger partial charge in [0.25, 0.3) is 0 Å². The Morgan fingerprint density at radius 1 is 1.04 bits per heavy atom. The first kappa shape index (κ1) is 15.3. The molecule has 2 heterocycles. The van der Waals surface area contributed by atoms with Crippen LogP contribution in [0.25, 0.3) is 22.0 Å². The van der Waals surface area contributed by atoms with E-state index in [-0.39, 0.29) is 5.82 Å². The van der Waals surface area contributed by atoms with Gasteiger partial charge in [0, 0.05) is 24.8 Å². The molecule has 0 spiro atoms. The summed E-state index contributed by atoms with van der Waals surface area (Å²) in [4.78, 5) is 4.71. The lowest BCUT2D eigenvalue weighted by Crippen LogP contribution is -2.15. The second-order valence-electron chi connectivity index (χ2n) is 6.50. The number of hydrogen-bond donors (Lipinski definition) is 0. The summed E-state index contributed by atoms with van der Waals surface area (Å²) in [5.41, 5.74) is 5.67. The molecule has 0 bridgehead atoms. The standard InChI is InChI=1S/C21H20FNO/c1-14-2-7-18-20(12-14)23-13-19(15-8-10-24-11-9-15)21(18)16-3-5-17(22)6-4-16/h2-7,12-13,15H,8-11H2,1H3. The SMILES string of the molecule is Cc1ccc2c(-c3ccc(F)cc3)c(C3CCOCC3)cnc2c1. The van der Waals surface area contributed by atoms with Gasteiger partial charge in [0.15, 0.2) is 0 Å². The fourth-order valence-corrected chi connectivity index (χ4v) is 3.58. The lowest BCUT2D eigenvalue weighted by Gasteiger charge is -2.25. The lowest BCUT2D eigenvalue weighted by atomic mass is 9.85. The Hall–Kier alpha value is -2.26. The number of aryl methyl sites for hydroxylation is 1. The summed E-state index contributed by atoms with van der Waals surface area (Å²) in [6, 6.07) is 13.2. The molecule has 1 aromatic heterocycles. The maximum Gasteiger partial charge on any atom is 0.123 e. The zero-order valence-electron chi connectivity index (χ0n) is 13.8. The maximum atomic E-state index is 13.4. The molecule has 0 N–H and O–H groups in total. The van der Waals surface area contributed by atoms with E-state index in [1.165, 1.54) is 28.8 Å². The molecule has 2 nitrogen and oxygen atoms in total. The first-order chi connectivity index (χ1) is 11.7. The van der Waals surface area contributed by atoms with Crippen LogP contribution in [-0.2, 0) is 4.74 Å². The molecule has 3 heteroatoms. The number of benzene rings is 2. The van der Waals surface area contributed by atoms with E-state index < -0.39 is 0 Å². The summed E-state index contributed by atoms with van der Waals surface area (Å²) < 4.78 is 18.9. The highest BCUT2D eigenvalue weighted by Gasteiger charge is 2.21. The van der Waals surface area contributed by atoms with Gasteiger partial charge in [-0.25, -0.2) is 4.39 Å². The highest BCUT2D eigenvalue weighted by Crippen LogP contribution is 2.38. The quantitative estimate of drug-likeness (QED) is 0.643. The Balaban J connectivity index is 1.95. The van der Waals surface area contributed by atoms with E-state index in [9.17, 15) is 4.39 Å². The highest BCUT2D eigenvalue weighted by molar-refractivity contribution is 5.96. The lowest BCUT2D eigenvalue weighted by molar-refractivity contribution is 0.0854. The van der Waals surface area contributed by atoms with Gasteiger partial charge in [-0.2, -0.15) is 0 Å². The van der Waals surface area contributed by atoms with Crippen molar-refractivity contribution in [3.05, 3.63) is 65.6 Å². The predicted octanol–water partition coefficient (Wildman–Crippen LogP) is 5.24. The van der Waals surface area contributed by atoms with Gasteiger partial charge in [0.1, 0.15) is 5.82 Å². The summed E-state index contributed by atoms with van der Waals surface area (Å²) in [6.45, 7) is 3.66. The Kier molecular flexibility index (Phi) is 4.03. The third-order valence-corrected chi connectivity index (χ3v) is 4.85. The average Bonchev–Trinajstić information content (AvgIpc) is 2.62. The summed E-state index contributed by atoms with van der Waals surface area (Å²) in [7, 11) is 0. The van der Waals surface area contributed by atoms with Gasteiger partial charge in [0.2, 0.25) is 0 Å². The number of nitrogens with zero attached hydrogens (tertiary/aromatic N) is 1. The first-order valence-electron chi connectivity index (χ1n) is 8.45. The van der Waals surface area contributed by atoms with Crippen LogP contribution in [0, 0.1) is 12.7 Å². The summed E-state index contributed by atoms with van der Waals surface area (Å²) >= 11 is 0. The fourth-order valence-electron chi connectivity index (χ4n) is 3.58. The largest absolute Gasteiger partial charge is 0.381 e. The summed E-state index contributed by atoms with van der Waals surface area (Å²) in [5, 5.41) is 1.14. The van der Waals surface area contributed by atoms with E-state index in [1.807, 2.05) is 18.3 Å². The zero-order chi connectivity index (χ0) is 16.5. The van der Waals surface area contributed by atoms with Crippen LogP contribution in [0.3, 0.4) is 0 Å². The molecule has 122 valence electrons. The Bertz CT molecular complexity index is 867. The molecule has 0 saturated carbocycles. The van der Waals surface area contributed by atoms with Crippen LogP contribution >= 0.6 is 0 Å². The smallest absolute Gasteiger partial charge is 0.123 e. The molecule has 4 rings (SSSR count). The molecule has 3 aromatic rings. The van der Waals surface area contributed by atoms with Crippen LogP contribution in [0.5, 0.6) is 0 Å². The molecular formula is C21H20FNO. The van der Waals surface area contributed by atoms with Crippen molar-refractivity contribution >= 4 is 10.9 Å². The fraction of sp³-hybridized carbons (Fsp3) is 0.286. The van der Waals surface area contributed by atoms with Crippen LogP contribution < -0.4 is 0 Å². The van der Waals surface area contributed by atoms with E-state index in [4.69, 9.17) is 9.72 Å². The van der Waals surface area contributed by atoms with Crippen LogP contribution in [0.4, 0.5) is 4.39 Å². The van der Waals surface area contributed by atoms with Gasteiger partial charge in [-0.1, -0.05) is 24.3 Å². The first-order valence-corrected chi connectivity index (χ1v) is 8.45. The number of rotatable bonds is 2. The minimum Gasteiger partial charge on any atom is -0.381 e. The van der Waals surface area contributed by atoms with Crippen molar-refractivity contribution < 1.29 is 9.13 Å². The molecule has 0 amide bonds. The monoisotopic (exact) mass is 321 g/mol. The number of fused-ring (bicyclic) bond motifs is 1. The molecule has 2 aromatic carbocycles. The molecule has 1 saturated heterocycles. The van der Waals surface area contributed by atoms with Gasteiger partial charge in [0.05, 0.1) is 5.52 Å². The third-order valence-electron chi connectivity index (χ3n) is 4.85. The normalized spacial score (nSPS) is 15.8. The Labute approximate surface area is 141 Å². The van der Waals surface area contributed by atoms with Crippen molar-refractivity contribution in [2.45, 2.75) is 25.7 Å². The molecule has 1 aliphatic rings. The number of hydrogen-bond acceptors (Lipinski definition) is 2. The second kappa shape index (κ2) is 6.33. The molecule has 0 unspecified atom stereocenters. The summed E-state index contributed by atoms with van der Waals surface area (Å²) in [6.07, 6.45) is 4.02. The minimum atomic E-state index is -0.208. The maximum absolute atomic E-state index is 13.4. The van der Waals surface area contributed by atoms with Crippen molar-refractivity contribution in [3.63, 3.8) is 0 Å². The van der Waals surface area contributed by atoms with Crippen molar-refractivity contribution in [1.29, 1.82) is 0 Å². The van der Waals surface area contributed by atoms with Crippen LogP contribution in [0.15, 0.2) is 48.7 Å². The Morgan fingerprint density at radius 2 is 1.79 bits per heavy atom. The van der Waals surface area contributed by atoms with Gasteiger partial charge >= 0.3 is 0 Å². The van der Waals surface area contributed by atoms with E-state index in [0.717, 1.165) is 42.5 Å². The topological polar surface area (TPSA) is 22.1 Å². The second-order valence-corrected chi connectivity index (χ2v) is 6.50. The van der Waals surface area contributed by atoms with Crippen LogP contribution in [0.2, 0.25) is 0 Å². The molecule has 24 heavy (non-hydrogen) atoms. The summed E-state index contributed by atoms with van der Waals surface area (Å²) in [5.74, 6) is 0.234. The molecule has 1 fully saturated rings. The van der Waals surface area contributed by atoms with Crippen LogP contribution in [0.1, 0.15) is 29.9 Å². The molecule has 1 aliphatic heterocycles. The number of halogens is 1. The predicted molar refractivity (Wildman–Crippen MR) is 94.7 cm³/mol. The van der Waals surface area contributed by atoms with E-state index in [2.05, 4.69) is 25.1 Å². The van der Waals surface area contributed by atoms with Gasteiger partial charge in [-0.3, -0.25) is 4.98 Å². The highest BCUT2D eigenvalue weighted by atomic mass is 19.1. The van der Waals surface area contributed by atoms with E-state index in [0.29, 0.717) is 5.92 Å². The van der Waals surface area contributed by atoms with Crippen molar-refractivity contribution in [2.75, 3.05) is 13.2 Å². The van der Waals surface area contributed by atoms with Crippen molar-refractivity contribution in [1.82, 2.24) is 4.98 Å². The van der Waals surface area contributed by atoms with Crippen molar-refractivity contribution in [3.8, 4) is 11.1 Å². The average molecular weight is 321 g/mol. The third kappa shape index (κ3) is 2.80. The van der Waals surface area contributed by atoms with Crippen molar-refractivity contribution in [2.24, 2.45) is 0 Å². The van der Waals surface area contributed by atoms with E-state index >= 15 is 0 Å². The van der Waals surface area contributed by atoms with Gasteiger partial charge in [-0.15, -0.1) is 0 Å². The number of pyridine rings is 1. The van der Waals surface area contributed by atoms with E-state index in [1.54, 1.807) is 0 Å². The number of aromatic nitrogens is 1. The van der Waals surface area contributed by atoms with Gasteiger partial charge < -0.3 is 4.74 Å². The zero-order valence-corrected chi connectivity index (χ0v) is 13.8. The minimum absolute atomic E-state index is 0.208. The molecule has 0 radical (unpaired) electrons. The molecule has 0 aliphatic carbocycles. The van der Waals surface area contributed by atoms with Crippen LogP contribution in [-0.4, -0.2) is 18.2 Å². The van der Waals surface area contributed by atoms with Gasteiger partial charge in [-0.05, 0) is 66.1 Å². The molecule has 0 atom stereocenters. The Morgan fingerprint density at radius 3 is 2.54 bits per heavy atom. The number of ether oxygens (including phenoxy) is 1. The molecular weight excluding hydrogens is 301 g/mol.